The van der Waals surface area contributed by atoms with Gasteiger partial charge < -0.3 is 0 Å². The maximum Gasteiger partial charge on any atom is 0.433 e. The van der Waals surface area contributed by atoms with Gasteiger partial charge in [0.15, 0.2) is 5.65 Å². The van der Waals surface area contributed by atoms with E-state index < -0.39 is 11.9 Å². The van der Waals surface area contributed by atoms with Crippen LogP contribution in [0.5, 0.6) is 0 Å². The highest BCUT2D eigenvalue weighted by Gasteiger charge is 2.35. The van der Waals surface area contributed by atoms with Crippen LogP contribution in [-0.4, -0.2) is 37.6 Å². The average Bonchev–Trinajstić information content (AvgIpc) is 3.06. The van der Waals surface area contributed by atoms with Crippen LogP contribution < -0.4 is 0 Å². The van der Waals surface area contributed by atoms with Crippen LogP contribution in [0, 0.1) is 13.8 Å². The van der Waals surface area contributed by atoms with Crippen molar-refractivity contribution in [1.82, 2.24) is 24.5 Å². The number of pyridine rings is 1. The Bertz CT molecular complexity index is 995. The van der Waals surface area contributed by atoms with Gasteiger partial charge in [0.25, 0.3) is 0 Å². The molecule has 0 aromatic carbocycles. The zero-order valence-electron chi connectivity index (χ0n) is 15.9. The van der Waals surface area contributed by atoms with Gasteiger partial charge in [0.05, 0.1) is 5.69 Å². The Balaban J connectivity index is 1.60. The first-order valence-electron chi connectivity index (χ1n) is 9.37. The quantitative estimate of drug-likeness (QED) is 0.676. The summed E-state index contributed by atoms with van der Waals surface area (Å²) >= 11 is 0. The molecule has 0 saturated carbocycles. The molecule has 1 fully saturated rings. The van der Waals surface area contributed by atoms with Gasteiger partial charge in [-0.15, -0.1) is 0 Å². The predicted molar refractivity (Wildman–Crippen MR) is 99.0 cm³/mol. The average molecular weight is 389 g/mol. The fraction of sp³-hybridized carbons (Fsp3) is 0.450. The Kier molecular flexibility index (Phi) is 4.82. The molecule has 28 heavy (non-hydrogen) atoms. The first-order chi connectivity index (χ1) is 13.3. The minimum absolute atomic E-state index is 0.0963. The number of piperidine rings is 1. The van der Waals surface area contributed by atoms with Gasteiger partial charge in [0.2, 0.25) is 0 Å². The molecular formula is C20H22F3N5. The number of alkyl halides is 3. The summed E-state index contributed by atoms with van der Waals surface area (Å²) < 4.78 is 41.1. The van der Waals surface area contributed by atoms with Crippen molar-refractivity contribution in [2.45, 2.75) is 45.3 Å². The maximum absolute atomic E-state index is 13.4. The third-order valence-electron chi connectivity index (χ3n) is 5.32. The molecular weight excluding hydrogens is 367 g/mol. The highest BCUT2D eigenvalue weighted by molar-refractivity contribution is 5.43. The summed E-state index contributed by atoms with van der Waals surface area (Å²) in [5, 5.41) is 4.30. The van der Waals surface area contributed by atoms with E-state index in [0.717, 1.165) is 48.6 Å². The van der Waals surface area contributed by atoms with Crippen molar-refractivity contribution in [3.8, 4) is 0 Å². The molecule has 0 aliphatic carbocycles. The zero-order chi connectivity index (χ0) is 19.9. The highest BCUT2D eigenvalue weighted by atomic mass is 19.4. The molecule has 1 aliphatic heterocycles. The lowest BCUT2D eigenvalue weighted by molar-refractivity contribution is -0.142. The number of likely N-dealkylation sites (tertiary alicyclic amines) is 1. The first-order valence-corrected chi connectivity index (χ1v) is 9.37. The second-order valence-electron chi connectivity index (χ2n) is 7.50. The van der Waals surface area contributed by atoms with Crippen molar-refractivity contribution >= 4 is 5.65 Å². The molecule has 8 heteroatoms. The number of rotatable bonds is 3. The summed E-state index contributed by atoms with van der Waals surface area (Å²) in [6.45, 7) is 6.16. The Morgan fingerprint density at radius 3 is 2.79 bits per heavy atom. The highest BCUT2D eigenvalue weighted by Crippen LogP contribution is 2.32. The standard InChI is InChI=1S/C20H22F3N5/c1-13-10-24-6-5-15(13)11-27-7-3-4-16(12-27)17-9-19-25-14(2)8-18(20(21,22)23)28(19)26-17/h5-6,8-10,16H,3-4,7,11-12H2,1-2H3. The number of nitrogens with zero attached hydrogens (tertiary/aromatic N) is 5. The van der Waals surface area contributed by atoms with Gasteiger partial charge in [0.1, 0.15) is 5.69 Å². The van der Waals surface area contributed by atoms with Crippen LogP contribution in [0.3, 0.4) is 0 Å². The van der Waals surface area contributed by atoms with E-state index in [-0.39, 0.29) is 11.6 Å². The Morgan fingerprint density at radius 1 is 1.21 bits per heavy atom. The molecule has 0 amide bonds. The number of fused-ring (bicyclic) bond motifs is 1. The Hall–Kier alpha value is -2.48. The van der Waals surface area contributed by atoms with E-state index in [4.69, 9.17) is 0 Å². The van der Waals surface area contributed by atoms with Crippen LogP contribution in [0.15, 0.2) is 30.6 Å². The summed E-state index contributed by atoms with van der Waals surface area (Å²) in [7, 11) is 0. The molecule has 0 radical (unpaired) electrons. The Labute approximate surface area is 161 Å². The van der Waals surface area contributed by atoms with Gasteiger partial charge in [-0.05, 0) is 56.5 Å². The van der Waals surface area contributed by atoms with Crippen molar-refractivity contribution in [3.63, 3.8) is 0 Å². The van der Waals surface area contributed by atoms with Crippen molar-refractivity contribution in [2.75, 3.05) is 13.1 Å². The SMILES string of the molecule is Cc1cc(C(F)(F)F)n2nc(C3CCCN(Cc4ccncc4C)C3)cc2n1. The molecule has 148 valence electrons. The minimum atomic E-state index is -4.47. The number of hydrogen-bond donors (Lipinski definition) is 0. The molecule has 0 N–H and O–H groups in total. The fourth-order valence-corrected chi connectivity index (χ4v) is 3.88. The van der Waals surface area contributed by atoms with E-state index in [1.807, 2.05) is 19.2 Å². The largest absolute Gasteiger partial charge is 0.433 e. The molecule has 4 heterocycles. The third kappa shape index (κ3) is 3.73. The monoisotopic (exact) mass is 389 g/mol. The van der Waals surface area contributed by atoms with Gasteiger partial charge in [-0.25, -0.2) is 9.50 Å². The van der Waals surface area contributed by atoms with E-state index in [0.29, 0.717) is 11.4 Å². The van der Waals surface area contributed by atoms with Crippen molar-refractivity contribution < 1.29 is 13.2 Å². The van der Waals surface area contributed by atoms with Crippen molar-refractivity contribution in [2.24, 2.45) is 0 Å². The van der Waals surface area contributed by atoms with Crippen LogP contribution in [0.25, 0.3) is 5.65 Å². The van der Waals surface area contributed by atoms with Crippen LogP contribution in [0.4, 0.5) is 13.2 Å². The van der Waals surface area contributed by atoms with Crippen LogP contribution >= 0.6 is 0 Å². The second-order valence-corrected chi connectivity index (χ2v) is 7.50. The smallest absolute Gasteiger partial charge is 0.298 e. The summed E-state index contributed by atoms with van der Waals surface area (Å²) in [5.74, 6) is 0.0963. The van der Waals surface area contributed by atoms with Gasteiger partial charge >= 0.3 is 6.18 Å². The van der Waals surface area contributed by atoms with Gasteiger partial charge in [-0.2, -0.15) is 18.3 Å². The number of aromatic nitrogens is 4. The van der Waals surface area contributed by atoms with Crippen molar-refractivity contribution in [3.05, 3.63) is 58.8 Å². The van der Waals surface area contributed by atoms with Crippen LogP contribution in [-0.2, 0) is 12.7 Å². The summed E-state index contributed by atoms with van der Waals surface area (Å²) in [6.07, 6.45) is 1.08. The summed E-state index contributed by atoms with van der Waals surface area (Å²) in [4.78, 5) is 10.7. The van der Waals surface area contributed by atoms with E-state index in [9.17, 15) is 13.2 Å². The topological polar surface area (TPSA) is 46.3 Å². The van der Waals surface area contributed by atoms with Crippen LogP contribution in [0.1, 0.15) is 47.0 Å². The molecule has 0 bridgehead atoms. The van der Waals surface area contributed by atoms with E-state index in [2.05, 4.69) is 20.0 Å². The lowest BCUT2D eigenvalue weighted by Crippen LogP contribution is -2.34. The first kappa shape index (κ1) is 18.9. The minimum Gasteiger partial charge on any atom is -0.298 e. The van der Waals surface area contributed by atoms with Gasteiger partial charge in [-0.3, -0.25) is 9.88 Å². The second kappa shape index (κ2) is 7.16. The summed E-state index contributed by atoms with van der Waals surface area (Å²) in [5.41, 5.74) is 2.87. The molecule has 1 aliphatic rings. The number of aryl methyl sites for hydroxylation is 2. The van der Waals surface area contributed by atoms with Crippen LogP contribution in [0.2, 0.25) is 0 Å². The molecule has 3 aromatic heterocycles. The molecule has 0 spiro atoms. The van der Waals surface area contributed by atoms with E-state index in [1.54, 1.807) is 19.2 Å². The molecule has 1 saturated heterocycles. The summed E-state index contributed by atoms with van der Waals surface area (Å²) in [6, 6.07) is 4.77. The normalized spacial score (nSPS) is 18.7. The lowest BCUT2D eigenvalue weighted by atomic mass is 9.94. The molecule has 3 aromatic rings. The fourth-order valence-electron chi connectivity index (χ4n) is 3.88. The number of hydrogen-bond acceptors (Lipinski definition) is 4. The predicted octanol–water partition coefficient (Wildman–Crippen LogP) is 4.14. The third-order valence-corrected chi connectivity index (χ3v) is 5.32. The molecule has 1 unspecified atom stereocenters. The Morgan fingerprint density at radius 2 is 2.04 bits per heavy atom. The zero-order valence-corrected chi connectivity index (χ0v) is 15.9. The van der Waals surface area contributed by atoms with Crippen molar-refractivity contribution in [1.29, 1.82) is 0 Å². The lowest BCUT2D eigenvalue weighted by Gasteiger charge is -2.32. The van der Waals surface area contributed by atoms with E-state index >= 15 is 0 Å². The molecule has 4 rings (SSSR count). The maximum atomic E-state index is 13.4. The number of halogens is 3. The van der Waals surface area contributed by atoms with E-state index in [1.165, 1.54) is 5.56 Å². The van der Waals surface area contributed by atoms with Gasteiger partial charge in [-0.1, -0.05) is 0 Å². The molecule has 1 atom stereocenters. The van der Waals surface area contributed by atoms with Gasteiger partial charge in [0, 0.05) is 43.2 Å². The molecule has 5 nitrogen and oxygen atoms in total.